The van der Waals surface area contributed by atoms with Gasteiger partial charge in [-0.25, -0.2) is 0 Å². The smallest absolute Gasteiger partial charge is 0.255 e. The number of benzene rings is 3. The van der Waals surface area contributed by atoms with Crippen LogP contribution < -0.4 is 16.4 Å². The van der Waals surface area contributed by atoms with Gasteiger partial charge in [-0.05, 0) is 73.7 Å². The van der Waals surface area contributed by atoms with Gasteiger partial charge in [0.2, 0.25) is 5.91 Å². The molecule has 4 rings (SSSR count). The minimum absolute atomic E-state index is 0.0816. The van der Waals surface area contributed by atoms with Crippen LogP contribution in [0.1, 0.15) is 40.7 Å². The lowest BCUT2D eigenvalue weighted by Crippen LogP contribution is -2.38. The zero-order chi connectivity index (χ0) is 24.5. The lowest BCUT2D eigenvalue weighted by Gasteiger charge is -2.32. The van der Waals surface area contributed by atoms with E-state index in [0.29, 0.717) is 35.7 Å². The molecule has 0 radical (unpaired) electrons. The Morgan fingerprint density at radius 3 is 2.26 bits per heavy atom. The molecule has 0 aromatic heterocycles. The van der Waals surface area contributed by atoms with Crippen LogP contribution in [0.4, 0.5) is 11.4 Å². The van der Waals surface area contributed by atoms with Crippen LogP contribution in [-0.4, -0.2) is 36.3 Å². The third kappa shape index (κ3) is 7.42. The second-order valence-corrected chi connectivity index (χ2v) is 9.25. The summed E-state index contributed by atoms with van der Waals surface area (Å²) in [6, 6.07) is 25.1. The van der Waals surface area contributed by atoms with E-state index in [1.165, 1.54) is 5.56 Å². The zero-order valence-electron chi connectivity index (χ0n) is 20.1. The maximum Gasteiger partial charge on any atom is 0.255 e. The second-order valence-electron chi connectivity index (χ2n) is 9.25. The number of carbonyl (C=O) groups excluding carboxylic acids is 2. The van der Waals surface area contributed by atoms with Crippen molar-refractivity contribution in [2.45, 2.75) is 32.2 Å². The van der Waals surface area contributed by atoms with Crippen LogP contribution in [0.25, 0.3) is 0 Å². The quantitative estimate of drug-likeness (QED) is 0.402. The van der Waals surface area contributed by atoms with E-state index < -0.39 is 0 Å². The Bertz CT molecular complexity index is 1110. The van der Waals surface area contributed by atoms with Gasteiger partial charge in [0.05, 0.1) is 11.4 Å². The van der Waals surface area contributed by atoms with Crippen LogP contribution in [0.2, 0.25) is 0 Å². The van der Waals surface area contributed by atoms with E-state index in [9.17, 15) is 9.59 Å². The Morgan fingerprint density at radius 2 is 1.54 bits per heavy atom. The summed E-state index contributed by atoms with van der Waals surface area (Å²) in [5.41, 5.74) is 9.96. The van der Waals surface area contributed by atoms with E-state index in [1.54, 1.807) is 24.3 Å². The first-order valence-corrected chi connectivity index (χ1v) is 12.3. The van der Waals surface area contributed by atoms with E-state index in [1.807, 2.05) is 24.3 Å². The zero-order valence-corrected chi connectivity index (χ0v) is 20.1. The minimum Gasteiger partial charge on any atom is -0.397 e. The fraction of sp³-hybridized carbons (Fsp3) is 0.310. The molecule has 0 unspecified atom stereocenters. The lowest BCUT2D eigenvalue weighted by atomic mass is 9.96. The van der Waals surface area contributed by atoms with Gasteiger partial charge < -0.3 is 16.4 Å². The van der Waals surface area contributed by atoms with Gasteiger partial charge >= 0.3 is 0 Å². The standard InChI is InChI=1S/C29H34N4O2/c30-26-8-4-5-9-27(26)32-29(35)25-13-10-22(11-14-25)12-15-28(34)31-20-23-16-18-33(19-17-23)21-24-6-2-1-3-7-24/h1-11,13-14,23H,12,15-21,30H2,(H,31,34)(H,32,35). The largest absolute Gasteiger partial charge is 0.397 e. The highest BCUT2D eigenvalue weighted by Crippen LogP contribution is 2.19. The Hall–Kier alpha value is -3.64. The number of anilines is 2. The summed E-state index contributed by atoms with van der Waals surface area (Å²) >= 11 is 0. The summed E-state index contributed by atoms with van der Waals surface area (Å²) in [6.45, 7) is 3.90. The third-order valence-electron chi connectivity index (χ3n) is 6.61. The highest BCUT2D eigenvalue weighted by molar-refractivity contribution is 6.05. The van der Waals surface area contributed by atoms with Gasteiger partial charge in [0.1, 0.15) is 0 Å². The van der Waals surface area contributed by atoms with Crippen molar-refractivity contribution in [3.8, 4) is 0 Å². The van der Waals surface area contributed by atoms with Crippen molar-refractivity contribution in [2.24, 2.45) is 5.92 Å². The van der Waals surface area contributed by atoms with Crippen molar-refractivity contribution in [1.82, 2.24) is 10.2 Å². The molecule has 0 saturated carbocycles. The number of hydrogen-bond donors (Lipinski definition) is 3. The molecule has 0 aliphatic carbocycles. The number of para-hydroxylation sites is 2. The van der Waals surface area contributed by atoms with Crippen molar-refractivity contribution in [3.05, 3.63) is 95.6 Å². The number of likely N-dealkylation sites (tertiary alicyclic amines) is 1. The number of rotatable bonds is 9. The van der Waals surface area contributed by atoms with Crippen molar-refractivity contribution in [3.63, 3.8) is 0 Å². The van der Waals surface area contributed by atoms with Gasteiger partial charge in [0.25, 0.3) is 5.91 Å². The Labute approximate surface area is 207 Å². The Balaban J connectivity index is 1.14. The Kier molecular flexibility index (Phi) is 8.52. The molecule has 1 fully saturated rings. The lowest BCUT2D eigenvalue weighted by molar-refractivity contribution is -0.121. The van der Waals surface area contributed by atoms with Crippen molar-refractivity contribution >= 4 is 23.2 Å². The summed E-state index contributed by atoms with van der Waals surface area (Å²) in [4.78, 5) is 27.3. The van der Waals surface area contributed by atoms with E-state index in [4.69, 9.17) is 5.73 Å². The van der Waals surface area contributed by atoms with Crippen LogP contribution >= 0.6 is 0 Å². The molecule has 0 spiro atoms. The first-order valence-electron chi connectivity index (χ1n) is 12.3. The number of carbonyl (C=O) groups is 2. The molecule has 3 aromatic carbocycles. The number of nitrogens with zero attached hydrogens (tertiary/aromatic N) is 1. The Morgan fingerprint density at radius 1 is 0.857 bits per heavy atom. The molecule has 1 saturated heterocycles. The molecule has 182 valence electrons. The first-order chi connectivity index (χ1) is 17.1. The number of aryl methyl sites for hydroxylation is 1. The number of nitrogen functional groups attached to an aromatic ring is 1. The molecule has 4 N–H and O–H groups in total. The SMILES string of the molecule is Nc1ccccc1NC(=O)c1ccc(CCC(=O)NCC2CCN(Cc3ccccc3)CC2)cc1. The fourth-order valence-corrected chi connectivity index (χ4v) is 4.42. The van der Waals surface area contributed by atoms with E-state index in [2.05, 4.69) is 45.9 Å². The minimum atomic E-state index is -0.206. The predicted molar refractivity (Wildman–Crippen MR) is 141 cm³/mol. The molecule has 0 bridgehead atoms. The number of amides is 2. The monoisotopic (exact) mass is 470 g/mol. The third-order valence-corrected chi connectivity index (χ3v) is 6.61. The van der Waals surface area contributed by atoms with Gasteiger partial charge in [-0.15, -0.1) is 0 Å². The number of nitrogens with two attached hydrogens (primary N) is 1. The molecule has 1 aliphatic heterocycles. The van der Waals surface area contributed by atoms with Crippen LogP contribution in [0, 0.1) is 5.92 Å². The molecule has 1 aliphatic rings. The summed E-state index contributed by atoms with van der Waals surface area (Å²) in [7, 11) is 0. The van der Waals surface area contributed by atoms with Crippen molar-refractivity contribution in [2.75, 3.05) is 30.7 Å². The van der Waals surface area contributed by atoms with Gasteiger partial charge in [0.15, 0.2) is 0 Å². The van der Waals surface area contributed by atoms with Crippen molar-refractivity contribution in [1.29, 1.82) is 0 Å². The van der Waals surface area contributed by atoms with E-state index in [-0.39, 0.29) is 11.8 Å². The molecule has 3 aromatic rings. The molecular formula is C29H34N4O2. The molecule has 6 heteroatoms. The molecule has 6 nitrogen and oxygen atoms in total. The fourth-order valence-electron chi connectivity index (χ4n) is 4.42. The number of piperidine rings is 1. The predicted octanol–water partition coefficient (Wildman–Crippen LogP) is 4.48. The van der Waals surface area contributed by atoms with Gasteiger partial charge in [0, 0.05) is 25.1 Å². The summed E-state index contributed by atoms with van der Waals surface area (Å²) < 4.78 is 0. The second kappa shape index (κ2) is 12.2. The number of hydrogen-bond acceptors (Lipinski definition) is 4. The highest BCUT2D eigenvalue weighted by Gasteiger charge is 2.19. The molecule has 2 amide bonds. The van der Waals surface area contributed by atoms with Crippen LogP contribution in [0.15, 0.2) is 78.9 Å². The van der Waals surface area contributed by atoms with Gasteiger partial charge in [-0.3, -0.25) is 14.5 Å². The van der Waals surface area contributed by atoms with Gasteiger partial charge in [-0.1, -0.05) is 54.6 Å². The van der Waals surface area contributed by atoms with Crippen molar-refractivity contribution < 1.29 is 9.59 Å². The number of nitrogens with one attached hydrogen (secondary N) is 2. The molecule has 1 heterocycles. The van der Waals surface area contributed by atoms with Crippen LogP contribution in [0.3, 0.4) is 0 Å². The summed E-state index contributed by atoms with van der Waals surface area (Å²) in [5, 5.41) is 5.94. The molecule has 35 heavy (non-hydrogen) atoms. The normalized spacial score (nSPS) is 14.4. The topological polar surface area (TPSA) is 87.5 Å². The van der Waals surface area contributed by atoms with Crippen LogP contribution in [0.5, 0.6) is 0 Å². The summed E-state index contributed by atoms with van der Waals surface area (Å²) in [5.74, 6) is 0.419. The average molecular weight is 471 g/mol. The summed E-state index contributed by atoms with van der Waals surface area (Å²) in [6.07, 6.45) is 3.32. The maximum atomic E-state index is 12.5. The first kappa shape index (κ1) is 24.5. The molecule has 0 atom stereocenters. The van der Waals surface area contributed by atoms with Gasteiger partial charge in [-0.2, -0.15) is 0 Å². The van der Waals surface area contributed by atoms with E-state index in [0.717, 1.165) is 44.6 Å². The highest BCUT2D eigenvalue weighted by atomic mass is 16.2. The maximum absolute atomic E-state index is 12.5. The average Bonchev–Trinajstić information content (AvgIpc) is 2.89. The molecular weight excluding hydrogens is 436 g/mol. The van der Waals surface area contributed by atoms with E-state index >= 15 is 0 Å². The van der Waals surface area contributed by atoms with Crippen LogP contribution in [-0.2, 0) is 17.8 Å².